The van der Waals surface area contributed by atoms with Gasteiger partial charge in [-0.15, -0.1) is 0 Å². The van der Waals surface area contributed by atoms with E-state index in [4.69, 9.17) is 4.74 Å². The van der Waals surface area contributed by atoms with Crippen molar-refractivity contribution < 1.29 is 9.13 Å². The van der Waals surface area contributed by atoms with Crippen LogP contribution >= 0.6 is 0 Å². The summed E-state index contributed by atoms with van der Waals surface area (Å²) in [5, 5.41) is 6.72. The van der Waals surface area contributed by atoms with Gasteiger partial charge in [0.2, 0.25) is 0 Å². The Kier molecular flexibility index (Phi) is 9.56. The number of piperazine rings is 1. The van der Waals surface area contributed by atoms with Crippen molar-refractivity contribution >= 4 is 17.5 Å². The predicted molar refractivity (Wildman–Crippen MR) is 129 cm³/mol. The highest BCUT2D eigenvalue weighted by Crippen LogP contribution is 2.20. The fraction of sp³-hybridized carbons (Fsp3) is 0.500. The molecule has 1 aliphatic rings. The number of ether oxygens (including phenoxy) is 1. The second kappa shape index (κ2) is 12.9. The number of nitrogens with one attached hydrogen (secondary N) is 2. The lowest BCUT2D eigenvalue weighted by Gasteiger charge is -2.36. The third-order valence-electron chi connectivity index (χ3n) is 5.50. The molecule has 3 rings (SSSR count). The summed E-state index contributed by atoms with van der Waals surface area (Å²) in [5.74, 6) is 1.59. The maximum absolute atomic E-state index is 13.2. The minimum Gasteiger partial charge on any atom is -0.382 e. The molecule has 7 nitrogen and oxygen atoms in total. The van der Waals surface area contributed by atoms with Crippen LogP contribution in [0.25, 0.3) is 0 Å². The molecule has 1 aliphatic heterocycles. The highest BCUT2D eigenvalue weighted by atomic mass is 19.1. The standard InChI is InChI=1S/C24H35FN6O/c1-3-32-17-5-4-11-28-24(26-2)29-19-20-10-12-27-23(18-20)31-15-13-30(14-16-31)22-8-6-21(25)7-9-22/h6-10,12,18H,3-5,11,13-17,19H2,1-2H3,(H2,26,28,29). The van der Waals surface area contributed by atoms with E-state index in [1.165, 1.54) is 12.1 Å². The van der Waals surface area contributed by atoms with Gasteiger partial charge in [0, 0.05) is 71.4 Å². The molecule has 0 atom stereocenters. The topological polar surface area (TPSA) is 65.0 Å². The lowest BCUT2D eigenvalue weighted by molar-refractivity contribution is 0.143. The summed E-state index contributed by atoms with van der Waals surface area (Å²) in [6.45, 7) is 8.68. The largest absolute Gasteiger partial charge is 0.382 e. The SMILES string of the molecule is CCOCCCCNC(=NC)NCc1ccnc(N2CCN(c3ccc(F)cc3)CC2)c1. The molecular weight excluding hydrogens is 407 g/mol. The molecule has 174 valence electrons. The van der Waals surface area contributed by atoms with Crippen molar-refractivity contribution in [3.8, 4) is 0 Å². The molecule has 32 heavy (non-hydrogen) atoms. The number of benzene rings is 1. The molecule has 8 heteroatoms. The van der Waals surface area contributed by atoms with Crippen molar-refractivity contribution in [1.82, 2.24) is 15.6 Å². The van der Waals surface area contributed by atoms with E-state index < -0.39 is 0 Å². The molecule has 1 fully saturated rings. The Bertz CT molecular complexity index is 837. The van der Waals surface area contributed by atoms with Crippen LogP contribution in [-0.2, 0) is 11.3 Å². The van der Waals surface area contributed by atoms with Crippen molar-refractivity contribution in [3.05, 3.63) is 54.0 Å². The summed E-state index contributed by atoms with van der Waals surface area (Å²) in [5.41, 5.74) is 2.23. The lowest BCUT2D eigenvalue weighted by atomic mass is 10.2. The minimum atomic E-state index is -0.199. The predicted octanol–water partition coefficient (Wildman–Crippen LogP) is 3.03. The summed E-state index contributed by atoms with van der Waals surface area (Å²) in [7, 11) is 1.79. The zero-order chi connectivity index (χ0) is 22.6. The molecular formula is C24H35FN6O. The van der Waals surface area contributed by atoms with Crippen LogP contribution in [0.1, 0.15) is 25.3 Å². The number of pyridine rings is 1. The van der Waals surface area contributed by atoms with Gasteiger partial charge in [0.1, 0.15) is 11.6 Å². The molecule has 2 N–H and O–H groups in total. The Morgan fingerprint density at radius 1 is 1.06 bits per heavy atom. The number of nitrogens with zero attached hydrogens (tertiary/aromatic N) is 4. The van der Waals surface area contributed by atoms with Crippen molar-refractivity contribution in [1.29, 1.82) is 0 Å². The Hall–Kier alpha value is -2.87. The van der Waals surface area contributed by atoms with E-state index in [1.54, 1.807) is 7.05 Å². The van der Waals surface area contributed by atoms with E-state index in [0.29, 0.717) is 6.54 Å². The third-order valence-corrected chi connectivity index (χ3v) is 5.50. The minimum absolute atomic E-state index is 0.199. The monoisotopic (exact) mass is 442 g/mol. The molecule has 0 amide bonds. The molecule has 0 spiro atoms. The summed E-state index contributed by atoms with van der Waals surface area (Å²) in [4.78, 5) is 13.5. The summed E-state index contributed by atoms with van der Waals surface area (Å²) < 4.78 is 18.5. The average Bonchev–Trinajstić information content (AvgIpc) is 2.84. The molecule has 2 aromatic rings. The normalized spacial score (nSPS) is 14.5. The Labute approximate surface area is 190 Å². The third kappa shape index (κ3) is 7.37. The number of aliphatic imine (C=N–C) groups is 1. The molecule has 0 saturated carbocycles. The van der Waals surface area contributed by atoms with Gasteiger partial charge >= 0.3 is 0 Å². The van der Waals surface area contributed by atoms with Gasteiger partial charge in [-0.3, -0.25) is 4.99 Å². The maximum atomic E-state index is 13.2. The van der Waals surface area contributed by atoms with Crippen molar-refractivity contribution in [3.63, 3.8) is 0 Å². The Morgan fingerprint density at radius 3 is 2.53 bits per heavy atom. The fourth-order valence-corrected chi connectivity index (χ4v) is 3.68. The van der Waals surface area contributed by atoms with E-state index in [0.717, 1.165) is 81.8 Å². The van der Waals surface area contributed by atoms with E-state index in [-0.39, 0.29) is 5.82 Å². The maximum Gasteiger partial charge on any atom is 0.191 e. The van der Waals surface area contributed by atoms with Gasteiger partial charge in [0.05, 0.1) is 0 Å². The van der Waals surface area contributed by atoms with Crippen molar-refractivity contribution in [2.24, 2.45) is 4.99 Å². The summed E-state index contributed by atoms with van der Waals surface area (Å²) in [6, 6.07) is 10.9. The van der Waals surface area contributed by atoms with Gasteiger partial charge < -0.3 is 25.2 Å². The number of unbranched alkanes of at least 4 members (excludes halogenated alkanes) is 1. The zero-order valence-electron chi connectivity index (χ0n) is 19.2. The molecule has 2 heterocycles. The highest BCUT2D eigenvalue weighted by molar-refractivity contribution is 5.79. The first-order valence-corrected chi connectivity index (χ1v) is 11.4. The van der Waals surface area contributed by atoms with E-state index >= 15 is 0 Å². The molecule has 0 radical (unpaired) electrons. The molecule has 1 saturated heterocycles. The first-order valence-electron chi connectivity index (χ1n) is 11.4. The van der Waals surface area contributed by atoms with Crippen LogP contribution in [0.2, 0.25) is 0 Å². The van der Waals surface area contributed by atoms with Crippen LogP contribution in [0, 0.1) is 5.82 Å². The Morgan fingerprint density at radius 2 is 1.81 bits per heavy atom. The lowest BCUT2D eigenvalue weighted by Crippen LogP contribution is -2.46. The van der Waals surface area contributed by atoms with E-state index in [2.05, 4.69) is 36.5 Å². The summed E-state index contributed by atoms with van der Waals surface area (Å²) in [6.07, 6.45) is 3.95. The second-order valence-electron chi connectivity index (χ2n) is 7.73. The molecule has 1 aromatic heterocycles. The van der Waals surface area contributed by atoms with Crippen LogP contribution in [0.3, 0.4) is 0 Å². The van der Waals surface area contributed by atoms with Crippen molar-refractivity contribution in [2.45, 2.75) is 26.3 Å². The first-order chi connectivity index (χ1) is 15.7. The van der Waals surface area contributed by atoms with Gasteiger partial charge in [0.15, 0.2) is 5.96 Å². The molecule has 0 unspecified atom stereocenters. The molecule has 0 aliphatic carbocycles. The van der Waals surface area contributed by atoms with Crippen LogP contribution in [0.15, 0.2) is 47.6 Å². The zero-order valence-corrected chi connectivity index (χ0v) is 19.2. The second-order valence-corrected chi connectivity index (χ2v) is 7.73. The molecule has 0 bridgehead atoms. The van der Waals surface area contributed by atoms with Gasteiger partial charge in [0.25, 0.3) is 0 Å². The number of guanidine groups is 1. The smallest absolute Gasteiger partial charge is 0.191 e. The van der Waals surface area contributed by atoms with Gasteiger partial charge in [-0.1, -0.05) is 0 Å². The number of hydrogen-bond donors (Lipinski definition) is 2. The number of halogens is 1. The highest BCUT2D eigenvalue weighted by Gasteiger charge is 2.18. The number of hydrogen-bond acceptors (Lipinski definition) is 5. The fourth-order valence-electron chi connectivity index (χ4n) is 3.68. The molecule has 1 aromatic carbocycles. The number of anilines is 2. The van der Waals surface area contributed by atoms with Crippen molar-refractivity contribution in [2.75, 3.05) is 62.8 Å². The number of aromatic nitrogens is 1. The first kappa shape index (κ1) is 23.8. The number of rotatable bonds is 10. The van der Waals surface area contributed by atoms with Crippen LogP contribution in [0.5, 0.6) is 0 Å². The quantitative estimate of drug-likeness (QED) is 0.335. The van der Waals surface area contributed by atoms with Crippen LogP contribution < -0.4 is 20.4 Å². The Balaban J connectivity index is 1.44. The average molecular weight is 443 g/mol. The van der Waals surface area contributed by atoms with Gasteiger partial charge in [-0.05, 0) is 61.7 Å². The van der Waals surface area contributed by atoms with Crippen LogP contribution in [0.4, 0.5) is 15.9 Å². The van der Waals surface area contributed by atoms with E-state index in [9.17, 15) is 4.39 Å². The van der Waals surface area contributed by atoms with Gasteiger partial charge in [-0.25, -0.2) is 9.37 Å². The van der Waals surface area contributed by atoms with Gasteiger partial charge in [-0.2, -0.15) is 0 Å². The summed E-state index contributed by atoms with van der Waals surface area (Å²) >= 11 is 0. The van der Waals surface area contributed by atoms with Crippen LogP contribution in [-0.4, -0.2) is 63.9 Å². The van der Waals surface area contributed by atoms with E-state index in [1.807, 2.05) is 31.3 Å².